The van der Waals surface area contributed by atoms with E-state index in [2.05, 4.69) is 39.8 Å². The molecule has 1 amide bonds. The zero-order valence-corrected chi connectivity index (χ0v) is 15.9. The summed E-state index contributed by atoms with van der Waals surface area (Å²) in [6.07, 6.45) is 2.32. The first kappa shape index (κ1) is 18.6. The molecular weight excluding hydrogens is 346 g/mol. The van der Waals surface area contributed by atoms with Crippen LogP contribution in [0.4, 0.5) is 5.69 Å². The van der Waals surface area contributed by atoms with Gasteiger partial charge in [-0.25, -0.2) is 4.68 Å². The SMILES string of the molecule is CCn1nc(CC(C)C)cc1C(=O)Nc1ccc(-n2cnnn2)cc1OC. The van der Waals surface area contributed by atoms with Crippen LogP contribution in [0.5, 0.6) is 5.75 Å². The van der Waals surface area contributed by atoms with Crippen LogP contribution in [0.2, 0.25) is 0 Å². The van der Waals surface area contributed by atoms with Crippen molar-refractivity contribution < 1.29 is 9.53 Å². The van der Waals surface area contributed by atoms with Crippen molar-refractivity contribution in [2.24, 2.45) is 5.92 Å². The number of hydrogen-bond donors (Lipinski definition) is 1. The predicted molar refractivity (Wildman–Crippen MR) is 100 cm³/mol. The number of carbonyl (C=O) groups excluding carboxylic acids is 1. The van der Waals surface area contributed by atoms with Crippen molar-refractivity contribution in [3.63, 3.8) is 0 Å². The molecule has 9 heteroatoms. The number of rotatable bonds is 7. The zero-order valence-electron chi connectivity index (χ0n) is 15.9. The van der Waals surface area contributed by atoms with Crippen LogP contribution in [-0.4, -0.2) is 43.0 Å². The summed E-state index contributed by atoms with van der Waals surface area (Å²) in [5.74, 6) is 0.758. The molecule has 0 aliphatic carbocycles. The fourth-order valence-electron chi connectivity index (χ4n) is 2.80. The molecule has 2 heterocycles. The van der Waals surface area contributed by atoms with Crippen molar-refractivity contribution in [2.75, 3.05) is 12.4 Å². The van der Waals surface area contributed by atoms with Crippen molar-refractivity contribution in [2.45, 2.75) is 33.7 Å². The quantitative estimate of drug-likeness (QED) is 0.686. The van der Waals surface area contributed by atoms with Gasteiger partial charge in [0.2, 0.25) is 0 Å². The third kappa shape index (κ3) is 4.13. The van der Waals surface area contributed by atoms with Gasteiger partial charge in [0, 0.05) is 12.6 Å². The number of benzene rings is 1. The van der Waals surface area contributed by atoms with Gasteiger partial charge in [0.15, 0.2) is 0 Å². The van der Waals surface area contributed by atoms with E-state index in [-0.39, 0.29) is 5.91 Å². The first-order valence-electron chi connectivity index (χ1n) is 8.81. The minimum atomic E-state index is -0.229. The number of tetrazole rings is 1. The van der Waals surface area contributed by atoms with Gasteiger partial charge in [-0.2, -0.15) is 5.10 Å². The van der Waals surface area contributed by atoms with E-state index in [1.807, 2.05) is 13.0 Å². The molecule has 1 aromatic carbocycles. The topological polar surface area (TPSA) is 99.8 Å². The molecule has 0 bridgehead atoms. The predicted octanol–water partition coefficient (Wildman–Crippen LogP) is 2.34. The molecule has 2 aromatic heterocycles. The van der Waals surface area contributed by atoms with Crippen molar-refractivity contribution in [3.8, 4) is 11.4 Å². The average Bonchev–Trinajstić information content (AvgIpc) is 3.31. The van der Waals surface area contributed by atoms with Crippen LogP contribution in [-0.2, 0) is 13.0 Å². The molecular formula is C18H23N7O2. The van der Waals surface area contributed by atoms with E-state index >= 15 is 0 Å². The first-order valence-corrected chi connectivity index (χ1v) is 8.81. The number of carbonyl (C=O) groups is 1. The summed E-state index contributed by atoms with van der Waals surface area (Å²) in [4.78, 5) is 12.8. The molecule has 27 heavy (non-hydrogen) atoms. The number of amides is 1. The molecule has 142 valence electrons. The standard InChI is InChI=1S/C18H23N7O2/c1-5-24-16(9-13(21-24)8-12(2)3)18(26)20-15-7-6-14(10-17(15)27-4)25-11-19-22-23-25/h6-7,9-12H,5,8H2,1-4H3,(H,20,26). The maximum atomic E-state index is 12.8. The minimum absolute atomic E-state index is 0.229. The number of nitrogens with one attached hydrogen (secondary N) is 1. The lowest BCUT2D eigenvalue weighted by Crippen LogP contribution is -2.17. The maximum absolute atomic E-state index is 12.8. The number of hydrogen-bond acceptors (Lipinski definition) is 6. The summed E-state index contributed by atoms with van der Waals surface area (Å²) in [7, 11) is 1.55. The molecule has 0 fully saturated rings. The normalized spacial score (nSPS) is 11.0. The summed E-state index contributed by atoms with van der Waals surface area (Å²) in [6, 6.07) is 7.17. The summed E-state index contributed by atoms with van der Waals surface area (Å²) in [6.45, 7) is 6.84. The van der Waals surface area contributed by atoms with E-state index in [0.717, 1.165) is 17.8 Å². The highest BCUT2D eigenvalue weighted by Crippen LogP contribution is 2.27. The van der Waals surface area contributed by atoms with Gasteiger partial charge in [-0.1, -0.05) is 13.8 Å². The molecule has 0 atom stereocenters. The van der Waals surface area contributed by atoms with Gasteiger partial charge in [-0.15, -0.1) is 5.10 Å². The number of ether oxygens (including phenoxy) is 1. The Morgan fingerprint density at radius 3 is 2.74 bits per heavy atom. The van der Waals surface area contributed by atoms with Gasteiger partial charge in [0.25, 0.3) is 5.91 Å². The lowest BCUT2D eigenvalue weighted by molar-refractivity contribution is 0.101. The Bertz CT molecular complexity index is 916. The number of aryl methyl sites for hydroxylation is 1. The highest BCUT2D eigenvalue weighted by Gasteiger charge is 2.17. The summed E-state index contributed by atoms with van der Waals surface area (Å²) in [5.41, 5.74) is 2.74. The van der Waals surface area contributed by atoms with Crippen LogP contribution in [0.25, 0.3) is 5.69 Å². The van der Waals surface area contributed by atoms with Gasteiger partial charge in [-0.3, -0.25) is 9.48 Å². The fourth-order valence-corrected chi connectivity index (χ4v) is 2.80. The molecule has 0 unspecified atom stereocenters. The highest BCUT2D eigenvalue weighted by molar-refractivity contribution is 6.04. The van der Waals surface area contributed by atoms with Gasteiger partial charge in [0.1, 0.15) is 17.8 Å². The number of methoxy groups -OCH3 is 1. The molecule has 3 rings (SSSR count). The summed E-state index contributed by atoms with van der Waals surface area (Å²) < 4.78 is 8.65. The van der Waals surface area contributed by atoms with Gasteiger partial charge in [-0.05, 0) is 47.9 Å². The van der Waals surface area contributed by atoms with E-state index in [0.29, 0.717) is 29.6 Å². The third-order valence-corrected chi connectivity index (χ3v) is 4.03. The van der Waals surface area contributed by atoms with Crippen LogP contribution in [0.1, 0.15) is 37.0 Å². The Morgan fingerprint density at radius 2 is 2.11 bits per heavy atom. The van der Waals surface area contributed by atoms with E-state index in [1.165, 1.54) is 11.0 Å². The van der Waals surface area contributed by atoms with E-state index < -0.39 is 0 Å². The fraction of sp³-hybridized carbons (Fsp3) is 0.389. The Labute approximate surface area is 157 Å². The first-order chi connectivity index (χ1) is 13.0. The molecule has 0 radical (unpaired) electrons. The van der Waals surface area contributed by atoms with Gasteiger partial charge < -0.3 is 10.1 Å². The molecule has 0 aliphatic heterocycles. The molecule has 0 aliphatic rings. The summed E-state index contributed by atoms with van der Waals surface area (Å²) in [5, 5.41) is 18.5. The average molecular weight is 369 g/mol. The molecule has 9 nitrogen and oxygen atoms in total. The number of aromatic nitrogens is 6. The molecule has 0 saturated heterocycles. The second-order valence-electron chi connectivity index (χ2n) is 6.53. The Hall–Kier alpha value is -3.23. The maximum Gasteiger partial charge on any atom is 0.274 e. The molecule has 0 spiro atoms. The van der Waals surface area contributed by atoms with Crippen molar-refractivity contribution >= 4 is 11.6 Å². The van der Waals surface area contributed by atoms with Crippen molar-refractivity contribution in [3.05, 3.63) is 42.0 Å². The minimum Gasteiger partial charge on any atom is -0.494 e. The smallest absolute Gasteiger partial charge is 0.274 e. The van der Waals surface area contributed by atoms with Gasteiger partial charge >= 0.3 is 0 Å². The van der Waals surface area contributed by atoms with E-state index in [4.69, 9.17) is 4.74 Å². The lowest BCUT2D eigenvalue weighted by atomic mass is 10.1. The van der Waals surface area contributed by atoms with Crippen LogP contribution in [0, 0.1) is 5.92 Å². The number of anilines is 1. The Morgan fingerprint density at radius 1 is 1.30 bits per heavy atom. The van der Waals surface area contributed by atoms with Crippen LogP contribution in [0.3, 0.4) is 0 Å². The monoisotopic (exact) mass is 369 g/mol. The van der Waals surface area contributed by atoms with Crippen LogP contribution in [0.15, 0.2) is 30.6 Å². The summed E-state index contributed by atoms with van der Waals surface area (Å²) >= 11 is 0. The Balaban J connectivity index is 1.84. The second kappa shape index (κ2) is 7.98. The third-order valence-electron chi connectivity index (χ3n) is 4.03. The second-order valence-corrected chi connectivity index (χ2v) is 6.53. The molecule has 1 N–H and O–H groups in total. The molecule has 0 saturated carbocycles. The Kier molecular flexibility index (Phi) is 5.49. The van der Waals surface area contributed by atoms with E-state index in [9.17, 15) is 4.79 Å². The van der Waals surface area contributed by atoms with E-state index in [1.54, 1.807) is 30.0 Å². The van der Waals surface area contributed by atoms with Crippen molar-refractivity contribution in [1.82, 2.24) is 30.0 Å². The van der Waals surface area contributed by atoms with Crippen LogP contribution < -0.4 is 10.1 Å². The largest absolute Gasteiger partial charge is 0.494 e. The molecule has 3 aromatic rings. The number of nitrogens with zero attached hydrogens (tertiary/aromatic N) is 6. The highest BCUT2D eigenvalue weighted by atomic mass is 16.5. The lowest BCUT2D eigenvalue weighted by Gasteiger charge is -2.12. The van der Waals surface area contributed by atoms with Crippen LogP contribution >= 0.6 is 0 Å². The van der Waals surface area contributed by atoms with Crippen molar-refractivity contribution in [1.29, 1.82) is 0 Å². The van der Waals surface area contributed by atoms with Gasteiger partial charge in [0.05, 0.1) is 24.2 Å². The zero-order chi connectivity index (χ0) is 19.4.